The molecule has 0 saturated carbocycles. The van der Waals surface area contributed by atoms with Crippen LogP contribution in [-0.4, -0.2) is 49.7 Å². The number of aliphatic carboxylic acids is 1. The molecule has 1 unspecified atom stereocenters. The summed E-state index contributed by atoms with van der Waals surface area (Å²) in [6.07, 6.45) is -2.04. The van der Waals surface area contributed by atoms with Crippen molar-refractivity contribution in [2.75, 3.05) is 13.1 Å². The minimum atomic E-state index is -4.49. The number of hydrogen-bond donors (Lipinski definition) is 1. The predicted octanol–water partition coefficient (Wildman–Crippen LogP) is 3.38. The van der Waals surface area contributed by atoms with Gasteiger partial charge in [-0.25, -0.2) is 9.67 Å². The number of rotatable bonds is 4. The zero-order valence-electron chi connectivity index (χ0n) is 15.7. The van der Waals surface area contributed by atoms with Crippen LogP contribution in [0.4, 0.5) is 13.2 Å². The van der Waals surface area contributed by atoms with Gasteiger partial charge < -0.3 is 10.0 Å². The molecular formula is C18H20ClF3N4O3. The first-order chi connectivity index (χ1) is 13.1. The van der Waals surface area contributed by atoms with Crippen LogP contribution in [0.1, 0.15) is 47.8 Å². The first kappa shape index (κ1) is 22.7. The largest absolute Gasteiger partial charge is 0.481 e. The summed E-state index contributed by atoms with van der Waals surface area (Å²) >= 11 is 0. The Morgan fingerprint density at radius 3 is 2.41 bits per heavy atom. The number of carbonyl (C=O) groups excluding carboxylic acids is 1. The molecule has 7 nitrogen and oxygen atoms in total. The Bertz CT molecular complexity index is 897. The fraction of sp³-hybridized carbons (Fsp3) is 0.444. The minimum Gasteiger partial charge on any atom is -0.481 e. The van der Waals surface area contributed by atoms with E-state index in [4.69, 9.17) is 5.11 Å². The number of pyridine rings is 1. The fourth-order valence-electron chi connectivity index (χ4n) is 3.26. The van der Waals surface area contributed by atoms with Gasteiger partial charge in [0, 0.05) is 19.3 Å². The third-order valence-corrected chi connectivity index (χ3v) is 4.70. The Hall–Kier alpha value is -2.62. The van der Waals surface area contributed by atoms with Gasteiger partial charge in [-0.3, -0.25) is 9.59 Å². The second-order valence-electron chi connectivity index (χ2n) is 6.99. The van der Waals surface area contributed by atoms with Crippen molar-refractivity contribution in [3.63, 3.8) is 0 Å². The molecule has 0 bridgehead atoms. The first-order valence-electron chi connectivity index (χ1n) is 8.73. The Morgan fingerprint density at radius 1 is 1.24 bits per heavy atom. The normalized spacial score (nSPS) is 16.8. The van der Waals surface area contributed by atoms with E-state index in [0.717, 1.165) is 12.3 Å². The van der Waals surface area contributed by atoms with Crippen LogP contribution in [0.5, 0.6) is 0 Å². The van der Waals surface area contributed by atoms with Crippen LogP contribution in [0, 0.1) is 5.92 Å². The highest BCUT2D eigenvalue weighted by molar-refractivity contribution is 5.96. The summed E-state index contributed by atoms with van der Waals surface area (Å²) in [4.78, 5) is 29.3. The zero-order valence-corrected chi connectivity index (χ0v) is 16.5. The highest BCUT2D eigenvalue weighted by Crippen LogP contribution is 2.30. The summed E-state index contributed by atoms with van der Waals surface area (Å²) in [6, 6.07) is 2.11. The Labute approximate surface area is 170 Å². The van der Waals surface area contributed by atoms with Gasteiger partial charge in [0.25, 0.3) is 5.91 Å². The first-order valence-corrected chi connectivity index (χ1v) is 8.73. The lowest BCUT2D eigenvalue weighted by Crippen LogP contribution is -2.30. The molecule has 11 heteroatoms. The van der Waals surface area contributed by atoms with E-state index in [0.29, 0.717) is 24.2 Å². The van der Waals surface area contributed by atoms with Gasteiger partial charge in [-0.2, -0.15) is 18.3 Å². The molecule has 1 N–H and O–H groups in total. The number of carboxylic acid groups (broad SMARTS) is 1. The number of alkyl halides is 3. The van der Waals surface area contributed by atoms with E-state index in [9.17, 15) is 22.8 Å². The molecule has 3 heterocycles. The van der Waals surface area contributed by atoms with E-state index in [1.807, 2.05) is 13.8 Å². The Balaban J connectivity index is 0.00000300. The molecule has 1 fully saturated rings. The summed E-state index contributed by atoms with van der Waals surface area (Å²) in [6.45, 7) is 4.11. The van der Waals surface area contributed by atoms with Gasteiger partial charge in [0.15, 0.2) is 5.82 Å². The average molecular weight is 433 g/mol. The second-order valence-corrected chi connectivity index (χ2v) is 6.99. The van der Waals surface area contributed by atoms with Crippen LogP contribution in [0.25, 0.3) is 5.82 Å². The van der Waals surface area contributed by atoms with E-state index in [1.54, 1.807) is 0 Å². The van der Waals surface area contributed by atoms with Gasteiger partial charge in [-0.1, -0.05) is 13.8 Å². The van der Waals surface area contributed by atoms with Crippen molar-refractivity contribution in [2.45, 2.75) is 32.4 Å². The smallest absolute Gasteiger partial charge is 0.417 e. The van der Waals surface area contributed by atoms with E-state index in [2.05, 4.69) is 10.1 Å². The van der Waals surface area contributed by atoms with Crippen molar-refractivity contribution >= 4 is 24.3 Å². The van der Waals surface area contributed by atoms with Gasteiger partial charge in [-0.05, 0) is 24.5 Å². The van der Waals surface area contributed by atoms with Crippen LogP contribution in [-0.2, 0) is 11.0 Å². The number of carboxylic acids is 1. The van der Waals surface area contributed by atoms with Crippen LogP contribution < -0.4 is 0 Å². The van der Waals surface area contributed by atoms with Gasteiger partial charge in [0.1, 0.15) is 0 Å². The lowest BCUT2D eigenvalue weighted by Gasteiger charge is -2.18. The molecule has 0 aromatic carbocycles. The van der Waals surface area contributed by atoms with Crippen LogP contribution in [0.15, 0.2) is 24.5 Å². The molecule has 1 aliphatic heterocycles. The van der Waals surface area contributed by atoms with Crippen LogP contribution >= 0.6 is 12.4 Å². The maximum atomic E-state index is 12.9. The molecular weight excluding hydrogens is 413 g/mol. The minimum absolute atomic E-state index is 0. The predicted molar refractivity (Wildman–Crippen MR) is 99.3 cm³/mol. The molecule has 0 spiro atoms. The molecule has 0 aliphatic carbocycles. The van der Waals surface area contributed by atoms with Crippen molar-refractivity contribution in [3.8, 4) is 5.82 Å². The molecule has 2 aromatic heterocycles. The van der Waals surface area contributed by atoms with Crippen LogP contribution in [0.3, 0.4) is 0 Å². The summed E-state index contributed by atoms with van der Waals surface area (Å²) in [5, 5.41) is 13.3. The monoisotopic (exact) mass is 432 g/mol. The molecule has 1 amide bonds. The SMILES string of the molecule is CC(C)c1c(C(=O)N2CCC(C(=O)O)C2)cnn1-c1ccc(C(F)(F)F)cn1.Cl. The highest BCUT2D eigenvalue weighted by Gasteiger charge is 2.34. The van der Waals surface area contributed by atoms with E-state index in [-0.39, 0.29) is 36.6 Å². The lowest BCUT2D eigenvalue weighted by atomic mass is 10.0. The maximum Gasteiger partial charge on any atom is 0.417 e. The van der Waals surface area contributed by atoms with Crippen LogP contribution in [0.2, 0.25) is 0 Å². The molecule has 29 heavy (non-hydrogen) atoms. The van der Waals surface area contributed by atoms with Crippen molar-refractivity contribution in [3.05, 3.63) is 41.3 Å². The number of aromatic nitrogens is 3. The molecule has 0 radical (unpaired) electrons. The summed E-state index contributed by atoms with van der Waals surface area (Å²) < 4.78 is 39.6. The quantitative estimate of drug-likeness (QED) is 0.800. The number of halogens is 4. The number of hydrogen-bond acceptors (Lipinski definition) is 4. The highest BCUT2D eigenvalue weighted by atomic mass is 35.5. The van der Waals surface area contributed by atoms with Gasteiger partial charge in [0.2, 0.25) is 0 Å². The van der Waals surface area contributed by atoms with E-state index >= 15 is 0 Å². The second kappa shape index (κ2) is 8.40. The van der Waals surface area contributed by atoms with Crippen molar-refractivity contribution in [1.29, 1.82) is 0 Å². The summed E-state index contributed by atoms with van der Waals surface area (Å²) in [7, 11) is 0. The van der Waals surface area contributed by atoms with Gasteiger partial charge in [-0.15, -0.1) is 12.4 Å². The van der Waals surface area contributed by atoms with E-state index < -0.39 is 23.6 Å². The third kappa shape index (κ3) is 4.52. The molecule has 1 aliphatic rings. The summed E-state index contributed by atoms with van der Waals surface area (Å²) in [5.74, 6) is -1.88. The van der Waals surface area contributed by atoms with Crippen molar-refractivity contribution in [1.82, 2.24) is 19.7 Å². The number of nitrogens with zero attached hydrogens (tertiary/aromatic N) is 4. The maximum absolute atomic E-state index is 12.9. The number of amides is 1. The Morgan fingerprint density at radius 2 is 1.93 bits per heavy atom. The summed E-state index contributed by atoms with van der Waals surface area (Å²) in [5.41, 5.74) is -0.0682. The van der Waals surface area contributed by atoms with Crippen molar-refractivity contribution in [2.24, 2.45) is 5.92 Å². The average Bonchev–Trinajstić information content (AvgIpc) is 3.28. The zero-order chi connectivity index (χ0) is 20.6. The molecule has 2 aromatic rings. The topological polar surface area (TPSA) is 88.3 Å². The number of carbonyl (C=O) groups is 2. The molecule has 1 atom stereocenters. The number of likely N-dealkylation sites (tertiary alicyclic amines) is 1. The van der Waals surface area contributed by atoms with Crippen molar-refractivity contribution < 1.29 is 27.9 Å². The standard InChI is InChI=1S/C18H19F3N4O3.ClH/c1-10(2)15-13(16(26)24-6-5-11(9-24)17(27)28)8-23-25(15)14-4-3-12(7-22-14)18(19,20)21;/h3-4,7-8,10-11H,5-6,9H2,1-2H3,(H,27,28);1H. The van der Waals surface area contributed by atoms with E-state index in [1.165, 1.54) is 21.8 Å². The van der Waals surface area contributed by atoms with Gasteiger partial charge in [0.05, 0.1) is 28.9 Å². The Kier molecular flexibility index (Phi) is 6.56. The fourth-order valence-corrected chi connectivity index (χ4v) is 3.26. The third-order valence-electron chi connectivity index (χ3n) is 4.70. The van der Waals surface area contributed by atoms with Gasteiger partial charge >= 0.3 is 12.1 Å². The molecule has 158 valence electrons. The molecule has 3 rings (SSSR count). The lowest BCUT2D eigenvalue weighted by molar-refractivity contribution is -0.141. The molecule has 1 saturated heterocycles.